The predicted molar refractivity (Wildman–Crippen MR) is 119 cm³/mol. The zero-order valence-corrected chi connectivity index (χ0v) is 18.0. The first kappa shape index (κ1) is 20.3. The Kier molecular flexibility index (Phi) is 6.44. The van der Waals surface area contributed by atoms with Crippen molar-refractivity contribution in [1.82, 2.24) is 0 Å². The highest BCUT2D eigenvalue weighted by Crippen LogP contribution is 2.39. The minimum absolute atomic E-state index is 0.302. The van der Waals surface area contributed by atoms with Crippen LogP contribution in [-0.2, 0) is 17.6 Å². The molecule has 2 aromatic carbocycles. The molecule has 4 rings (SSSR count). The van der Waals surface area contributed by atoms with Crippen molar-refractivity contribution < 1.29 is 9.53 Å². The highest BCUT2D eigenvalue weighted by Gasteiger charge is 2.29. The number of hydrogen-bond acceptors (Lipinski definition) is 3. The highest BCUT2D eigenvalue weighted by molar-refractivity contribution is 6.30. The van der Waals surface area contributed by atoms with Crippen molar-refractivity contribution in [3.8, 4) is 5.75 Å². The number of aryl methyl sites for hydroxylation is 1. The van der Waals surface area contributed by atoms with Crippen LogP contribution in [0.3, 0.4) is 0 Å². The van der Waals surface area contributed by atoms with Crippen LogP contribution in [0, 0.1) is 5.92 Å². The summed E-state index contributed by atoms with van der Waals surface area (Å²) < 4.78 is 6.31. The van der Waals surface area contributed by atoms with E-state index in [4.69, 9.17) is 16.3 Å². The monoisotopic (exact) mass is 411 g/mol. The number of carbonyl (C=O) groups is 1. The lowest BCUT2D eigenvalue weighted by molar-refractivity contribution is -0.107. The van der Waals surface area contributed by atoms with Gasteiger partial charge < -0.3 is 14.4 Å². The molecule has 2 aliphatic rings. The molecule has 1 saturated carbocycles. The number of carbonyl (C=O) groups excluding carboxylic acids is 1. The number of anilines is 1. The van der Waals surface area contributed by atoms with Crippen LogP contribution in [0.25, 0.3) is 0 Å². The Morgan fingerprint density at radius 3 is 2.79 bits per heavy atom. The summed E-state index contributed by atoms with van der Waals surface area (Å²) in [6, 6.07) is 12.5. The Morgan fingerprint density at radius 2 is 2.07 bits per heavy atom. The van der Waals surface area contributed by atoms with Gasteiger partial charge in [0.15, 0.2) is 0 Å². The minimum Gasteiger partial charge on any atom is -0.491 e. The van der Waals surface area contributed by atoms with Crippen LogP contribution in [0.5, 0.6) is 5.75 Å². The largest absolute Gasteiger partial charge is 0.491 e. The van der Waals surface area contributed by atoms with E-state index in [2.05, 4.69) is 30.0 Å². The van der Waals surface area contributed by atoms with E-state index in [1.54, 1.807) is 0 Å². The number of rotatable bonds is 7. The van der Waals surface area contributed by atoms with Crippen molar-refractivity contribution in [1.29, 1.82) is 0 Å². The first-order valence-electron chi connectivity index (χ1n) is 10.9. The van der Waals surface area contributed by atoms with E-state index in [1.807, 2.05) is 18.2 Å². The Hall–Kier alpha value is -2.00. The zero-order chi connectivity index (χ0) is 20.2. The van der Waals surface area contributed by atoms with Crippen LogP contribution >= 0.6 is 11.6 Å². The maximum atomic E-state index is 11.0. The van der Waals surface area contributed by atoms with Gasteiger partial charge in [0.25, 0.3) is 0 Å². The number of nitrogens with zero attached hydrogens (tertiary/aromatic N) is 1. The van der Waals surface area contributed by atoms with Crippen molar-refractivity contribution in [2.45, 2.75) is 51.4 Å². The van der Waals surface area contributed by atoms with Crippen LogP contribution < -0.4 is 9.64 Å². The SMILES string of the molecule is CCCc1cc(Cl)ccc1C1COc2ccc(CC=O)cc2N(CC2CCC2)C1. The number of ether oxygens (including phenoxy) is 1. The fourth-order valence-corrected chi connectivity index (χ4v) is 4.76. The second-order valence-electron chi connectivity index (χ2n) is 8.48. The van der Waals surface area contributed by atoms with Gasteiger partial charge in [0, 0.05) is 30.5 Å². The number of fused-ring (bicyclic) bond motifs is 1. The average molecular weight is 412 g/mol. The smallest absolute Gasteiger partial charge is 0.142 e. The third kappa shape index (κ3) is 4.61. The molecule has 1 fully saturated rings. The van der Waals surface area contributed by atoms with Crippen LogP contribution in [0.4, 0.5) is 5.69 Å². The molecule has 0 radical (unpaired) electrons. The van der Waals surface area contributed by atoms with Gasteiger partial charge in [0.1, 0.15) is 12.0 Å². The van der Waals surface area contributed by atoms with Crippen LogP contribution in [0.15, 0.2) is 36.4 Å². The lowest BCUT2D eigenvalue weighted by Gasteiger charge is -2.35. The molecule has 2 aromatic rings. The molecule has 0 aromatic heterocycles. The summed E-state index contributed by atoms with van der Waals surface area (Å²) in [6.07, 6.45) is 7.53. The normalized spacial score (nSPS) is 19.1. The van der Waals surface area contributed by atoms with Crippen molar-refractivity contribution in [2.24, 2.45) is 5.92 Å². The van der Waals surface area contributed by atoms with Gasteiger partial charge in [-0.3, -0.25) is 0 Å². The molecule has 4 heteroatoms. The van der Waals surface area contributed by atoms with Gasteiger partial charge in [-0.1, -0.05) is 43.5 Å². The Morgan fingerprint density at radius 1 is 1.21 bits per heavy atom. The standard InChI is InChI=1S/C25H30ClNO2/c1-2-4-20-14-22(26)8-9-23(20)21-16-27(15-19-5-3-6-19)24-13-18(11-12-28)7-10-25(24)29-17-21/h7-10,12-14,19,21H,2-6,11,15-17H2,1H3. The average Bonchev–Trinajstić information content (AvgIpc) is 2.85. The van der Waals surface area contributed by atoms with Gasteiger partial charge >= 0.3 is 0 Å². The van der Waals surface area contributed by atoms with E-state index >= 15 is 0 Å². The Labute approximate surface area is 179 Å². The van der Waals surface area contributed by atoms with Crippen LogP contribution in [0.2, 0.25) is 5.02 Å². The first-order chi connectivity index (χ1) is 14.2. The maximum absolute atomic E-state index is 11.0. The molecule has 29 heavy (non-hydrogen) atoms. The summed E-state index contributed by atoms with van der Waals surface area (Å²) in [7, 11) is 0. The number of benzene rings is 2. The third-order valence-electron chi connectivity index (χ3n) is 6.33. The molecular weight excluding hydrogens is 382 g/mol. The Balaban J connectivity index is 1.67. The molecular formula is C25H30ClNO2. The van der Waals surface area contributed by atoms with Gasteiger partial charge in [0.05, 0.1) is 12.3 Å². The van der Waals surface area contributed by atoms with Crippen molar-refractivity contribution in [2.75, 3.05) is 24.6 Å². The maximum Gasteiger partial charge on any atom is 0.142 e. The minimum atomic E-state index is 0.302. The molecule has 1 unspecified atom stereocenters. The summed E-state index contributed by atoms with van der Waals surface area (Å²) in [5, 5.41) is 0.805. The van der Waals surface area contributed by atoms with E-state index < -0.39 is 0 Å². The molecule has 1 aliphatic carbocycles. The van der Waals surface area contributed by atoms with E-state index in [0.717, 1.165) is 60.2 Å². The van der Waals surface area contributed by atoms with Crippen LogP contribution in [0.1, 0.15) is 55.2 Å². The lowest BCUT2D eigenvalue weighted by atomic mass is 9.84. The van der Waals surface area contributed by atoms with Gasteiger partial charge in [-0.25, -0.2) is 0 Å². The Bertz CT molecular complexity index is 862. The molecule has 0 spiro atoms. The van der Waals surface area contributed by atoms with E-state index in [0.29, 0.717) is 18.9 Å². The molecule has 0 bridgehead atoms. The second kappa shape index (κ2) is 9.21. The summed E-state index contributed by atoms with van der Waals surface area (Å²) in [6.45, 7) is 4.88. The van der Waals surface area contributed by atoms with Gasteiger partial charge in [-0.05, 0) is 66.1 Å². The molecule has 0 saturated heterocycles. The quantitative estimate of drug-likeness (QED) is 0.538. The molecule has 1 heterocycles. The number of hydrogen-bond donors (Lipinski definition) is 0. The van der Waals surface area contributed by atoms with Crippen molar-refractivity contribution >= 4 is 23.6 Å². The fourth-order valence-electron chi connectivity index (χ4n) is 4.57. The van der Waals surface area contributed by atoms with E-state index in [-0.39, 0.29) is 0 Å². The highest BCUT2D eigenvalue weighted by atomic mass is 35.5. The molecule has 154 valence electrons. The fraction of sp³-hybridized carbons (Fsp3) is 0.480. The summed E-state index contributed by atoms with van der Waals surface area (Å²) in [5.74, 6) is 2.00. The van der Waals surface area contributed by atoms with Gasteiger partial charge in [0.2, 0.25) is 0 Å². The number of aldehydes is 1. The van der Waals surface area contributed by atoms with Crippen LogP contribution in [-0.4, -0.2) is 26.0 Å². The van der Waals surface area contributed by atoms with E-state index in [9.17, 15) is 4.79 Å². The molecule has 3 nitrogen and oxygen atoms in total. The zero-order valence-electron chi connectivity index (χ0n) is 17.2. The summed E-state index contributed by atoms with van der Waals surface area (Å²) >= 11 is 6.30. The first-order valence-corrected chi connectivity index (χ1v) is 11.3. The molecule has 0 amide bonds. The topological polar surface area (TPSA) is 29.5 Å². The lowest BCUT2D eigenvalue weighted by Crippen LogP contribution is -2.35. The third-order valence-corrected chi connectivity index (χ3v) is 6.57. The second-order valence-corrected chi connectivity index (χ2v) is 8.91. The van der Waals surface area contributed by atoms with Crippen molar-refractivity contribution in [3.63, 3.8) is 0 Å². The number of halogens is 1. The van der Waals surface area contributed by atoms with E-state index in [1.165, 1.54) is 30.4 Å². The molecule has 1 aliphatic heterocycles. The van der Waals surface area contributed by atoms with Crippen molar-refractivity contribution in [3.05, 3.63) is 58.1 Å². The molecule has 1 atom stereocenters. The van der Waals surface area contributed by atoms with Gasteiger partial charge in [-0.2, -0.15) is 0 Å². The summed E-state index contributed by atoms with van der Waals surface area (Å²) in [4.78, 5) is 13.5. The predicted octanol–water partition coefficient (Wildman–Crippen LogP) is 5.82. The summed E-state index contributed by atoms with van der Waals surface area (Å²) in [5.41, 5.74) is 4.89. The van der Waals surface area contributed by atoms with Gasteiger partial charge in [-0.15, -0.1) is 0 Å². The molecule has 0 N–H and O–H groups in total.